The maximum Gasteiger partial charge on any atom is 0.227 e. The van der Waals surface area contributed by atoms with Gasteiger partial charge in [0, 0.05) is 35.4 Å². The fourth-order valence-corrected chi connectivity index (χ4v) is 5.40. The van der Waals surface area contributed by atoms with Gasteiger partial charge >= 0.3 is 0 Å². The number of rotatable bonds is 6. The summed E-state index contributed by atoms with van der Waals surface area (Å²) in [5, 5.41) is 32.2. The zero-order chi connectivity index (χ0) is 27.3. The molecule has 0 amide bonds. The van der Waals surface area contributed by atoms with E-state index in [1.165, 1.54) is 0 Å². The molecule has 2 aliphatic heterocycles. The SMILES string of the molecule is COc1ncccc1-c1ccc2c(C3=N[C@H]4[C@@H](O3)O[C@H](CO)[C@@H](O)[C@@H]4O)cn(Cc3ccc(Cl)c(Cl)c3)c2c1. The van der Waals surface area contributed by atoms with Crippen molar-refractivity contribution < 1.29 is 29.5 Å². The van der Waals surface area contributed by atoms with Crippen molar-refractivity contribution in [3.8, 4) is 17.0 Å². The monoisotopic (exact) mass is 569 g/mol. The number of methoxy groups -OCH3 is 1. The van der Waals surface area contributed by atoms with Crippen LogP contribution >= 0.6 is 23.2 Å². The van der Waals surface area contributed by atoms with E-state index in [-0.39, 0.29) is 5.90 Å². The number of benzene rings is 2. The molecule has 2 aromatic carbocycles. The van der Waals surface area contributed by atoms with Crippen LogP contribution in [0, 0.1) is 0 Å². The van der Waals surface area contributed by atoms with E-state index in [1.807, 2.05) is 53.2 Å². The molecule has 11 heteroatoms. The summed E-state index contributed by atoms with van der Waals surface area (Å²) in [7, 11) is 1.58. The molecule has 39 heavy (non-hydrogen) atoms. The Labute approximate surface area is 233 Å². The van der Waals surface area contributed by atoms with Crippen LogP contribution in [0.15, 0.2) is 65.9 Å². The van der Waals surface area contributed by atoms with Gasteiger partial charge < -0.3 is 34.1 Å². The fourth-order valence-electron chi connectivity index (χ4n) is 5.08. The Morgan fingerprint density at radius 3 is 2.64 bits per heavy atom. The van der Waals surface area contributed by atoms with Crippen LogP contribution in [-0.4, -0.2) is 75.1 Å². The standard InChI is InChI=1S/C28H25Cl2N3O6/c1-37-26-16(3-2-8-31-26)15-5-6-17-18(27-32-23-25(36)24(35)22(13-34)38-28(23)39-27)12-33(21(17)10-15)11-14-4-7-19(29)20(30)9-14/h2-10,12,22-25,28,34-36H,11,13H2,1H3/t22-,23-,24-,25-,28-/m1/s1. The number of aliphatic imine (C=N–C) groups is 1. The summed E-state index contributed by atoms with van der Waals surface area (Å²) in [4.78, 5) is 8.91. The van der Waals surface area contributed by atoms with E-state index in [4.69, 9.17) is 37.4 Å². The minimum absolute atomic E-state index is 0.277. The van der Waals surface area contributed by atoms with E-state index >= 15 is 0 Å². The third-order valence-electron chi connectivity index (χ3n) is 7.07. The van der Waals surface area contributed by atoms with E-state index in [9.17, 15) is 15.3 Å². The van der Waals surface area contributed by atoms with Crippen molar-refractivity contribution in [3.63, 3.8) is 0 Å². The highest BCUT2D eigenvalue weighted by Gasteiger charge is 2.49. The smallest absolute Gasteiger partial charge is 0.227 e. The minimum Gasteiger partial charge on any atom is -0.481 e. The van der Waals surface area contributed by atoms with Crippen LogP contribution < -0.4 is 4.74 Å². The molecule has 0 spiro atoms. The average Bonchev–Trinajstić information content (AvgIpc) is 3.54. The lowest BCUT2D eigenvalue weighted by Crippen LogP contribution is -2.56. The molecule has 0 unspecified atom stereocenters. The fraction of sp³-hybridized carbons (Fsp3) is 0.286. The molecule has 5 atom stereocenters. The second-order valence-electron chi connectivity index (χ2n) is 9.46. The van der Waals surface area contributed by atoms with Gasteiger partial charge in [0.15, 0.2) is 0 Å². The summed E-state index contributed by atoms with van der Waals surface area (Å²) < 4.78 is 19.2. The number of aliphatic hydroxyl groups is 3. The van der Waals surface area contributed by atoms with Crippen LogP contribution in [0.4, 0.5) is 0 Å². The van der Waals surface area contributed by atoms with E-state index in [0.29, 0.717) is 28.0 Å². The lowest BCUT2D eigenvalue weighted by atomic mass is 9.98. The van der Waals surface area contributed by atoms with Gasteiger partial charge in [0.25, 0.3) is 0 Å². The molecule has 2 aliphatic rings. The van der Waals surface area contributed by atoms with Gasteiger partial charge in [-0.25, -0.2) is 9.98 Å². The molecule has 0 saturated carbocycles. The van der Waals surface area contributed by atoms with E-state index in [2.05, 4.69) is 9.98 Å². The Bertz CT molecular complexity index is 1570. The van der Waals surface area contributed by atoms with Gasteiger partial charge in [-0.05, 0) is 41.5 Å². The Morgan fingerprint density at radius 2 is 1.87 bits per heavy atom. The van der Waals surface area contributed by atoms with E-state index < -0.39 is 37.3 Å². The average molecular weight is 570 g/mol. The second-order valence-corrected chi connectivity index (χ2v) is 10.3. The maximum atomic E-state index is 10.6. The predicted octanol–water partition coefficient (Wildman–Crippen LogP) is 3.65. The molecular weight excluding hydrogens is 545 g/mol. The zero-order valence-corrected chi connectivity index (χ0v) is 22.3. The summed E-state index contributed by atoms with van der Waals surface area (Å²) in [5.74, 6) is 0.787. The van der Waals surface area contributed by atoms with Crippen LogP contribution in [-0.2, 0) is 16.0 Å². The zero-order valence-electron chi connectivity index (χ0n) is 20.7. The molecular formula is C28H25Cl2N3O6. The summed E-state index contributed by atoms with van der Waals surface area (Å²) in [6.45, 7) is 0.0231. The second kappa shape index (κ2) is 10.4. The van der Waals surface area contributed by atoms with E-state index in [1.54, 1.807) is 19.4 Å². The Morgan fingerprint density at radius 1 is 1.03 bits per heavy atom. The number of aromatic nitrogens is 2. The van der Waals surface area contributed by atoms with Gasteiger partial charge in [-0.2, -0.15) is 0 Å². The van der Waals surface area contributed by atoms with Gasteiger partial charge in [0.1, 0.15) is 24.4 Å². The van der Waals surface area contributed by atoms with Crippen molar-refractivity contribution in [3.05, 3.63) is 82.1 Å². The first-order valence-electron chi connectivity index (χ1n) is 12.3. The summed E-state index contributed by atoms with van der Waals surface area (Å²) in [6, 6.07) is 14.4. The molecule has 0 aliphatic carbocycles. The lowest BCUT2D eigenvalue weighted by Gasteiger charge is -2.36. The Hall–Kier alpha value is -3.18. The first kappa shape index (κ1) is 26.1. The van der Waals surface area contributed by atoms with Crippen LogP contribution in [0.2, 0.25) is 10.0 Å². The lowest BCUT2D eigenvalue weighted by molar-refractivity contribution is -0.234. The molecule has 1 saturated heterocycles. The van der Waals surface area contributed by atoms with Crippen molar-refractivity contribution in [2.24, 2.45) is 4.99 Å². The Balaban J connectivity index is 1.45. The maximum absolute atomic E-state index is 10.6. The number of hydrogen-bond donors (Lipinski definition) is 3. The summed E-state index contributed by atoms with van der Waals surface area (Å²) in [6.07, 6.45) is -0.828. The molecule has 4 aromatic rings. The van der Waals surface area contributed by atoms with Gasteiger partial charge in [0.2, 0.25) is 18.1 Å². The van der Waals surface area contributed by atoms with Crippen LogP contribution in [0.1, 0.15) is 11.1 Å². The normalized spacial score (nSPS) is 24.4. The van der Waals surface area contributed by atoms with Gasteiger partial charge in [-0.1, -0.05) is 41.4 Å². The number of fused-ring (bicyclic) bond motifs is 2. The predicted molar refractivity (Wildman–Crippen MR) is 146 cm³/mol. The molecule has 6 rings (SSSR count). The number of pyridine rings is 1. The largest absolute Gasteiger partial charge is 0.481 e. The van der Waals surface area contributed by atoms with Crippen molar-refractivity contribution >= 4 is 40.0 Å². The van der Waals surface area contributed by atoms with Crippen LogP contribution in [0.25, 0.3) is 22.0 Å². The highest BCUT2D eigenvalue weighted by molar-refractivity contribution is 6.42. The van der Waals surface area contributed by atoms with Crippen molar-refractivity contribution in [1.82, 2.24) is 9.55 Å². The van der Waals surface area contributed by atoms with Gasteiger partial charge in [-0.3, -0.25) is 0 Å². The van der Waals surface area contributed by atoms with Crippen molar-refractivity contribution in [2.75, 3.05) is 13.7 Å². The first-order valence-corrected chi connectivity index (χ1v) is 13.1. The minimum atomic E-state index is -1.28. The van der Waals surface area contributed by atoms with E-state index in [0.717, 1.165) is 27.6 Å². The van der Waals surface area contributed by atoms with Crippen LogP contribution in [0.3, 0.4) is 0 Å². The molecule has 0 radical (unpaired) electrons. The van der Waals surface area contributed by atoms with Crippen molar-refractivity contribution in [2.45, 2.75) is 37.2 Å². The number of ether oxygens (including phenoxy) is 3. The topological polar surface area (TPSA) is 119 Å². The molecule has 1 fully saturated rings. The number of nitrogens with zero attached hydrogens (tertiary/aromatic N) is 3. The molecule has 9 nitrogen and oxygen atoms in total. The molecule has 3 N–H and O–H groups in total. The third-order valence-corrected chi connectivity index (χ3v) is 7.81. The number of halogens is 2. The van der Waals surface area contributed by atoms with Gasteiger partial charge in [0.05, 0.1) is 29.3 Å². The summed E-state index contributed by atoms with van der Waals surface area (Å²) >= 11 is 12.4. The first-order chi connectivity index (χ1) is 18.9. The number of hydrogen-bond acceptors (Lipinski definition) is 8. The Kier molecular flexibility index (Phi) is 6.96. The summed E-state index contributed by atoms with van der Waals surface area (Å²) in [5.41, 5.74) is 4.26. The molecule has 2 aromatic heterocycles. The van der Waals surface area contributed by atoms with Crippen molar-refractivity contribution in [1.29, 1.82) is 0 Å². The highest BCUT2D eigenvalue weighted by atomic mass is 35.5. The molecule has 4 heterocycles. The van der Waals surface area contributed by atoms with Crippen LogP contribution in [0.5, 0.6) is 5.88 Å². The quantitative estimate of drug-likeness (QED) is 0.324. The third kappa shape index (κ3) is 4.65. The molecule has 202 valence electrons. The highest BCUT2D eigenvalue weighted by Crippen LogP contribution is 2.36. The molecule has 0 bridgehead atoms. The van der Waals surface area contributed by atoms with Gasteiger partial charge in [-0.15, -0.1) is 0 Å². The number of aliphatic hydroxyl groups excluding tert-OH is 3.